The summed E-state index contributed by atoms with van der Waals surface area (Å²) in [5, 5.41) is 0. The zero-order valence-electron chi connectivity index (χ0n) is 13.1. The lowest BCUT2D eigenvalue weighted by Crippen LogP contribution is -2.29. The average molecular weight is 365 g/mol. The molecular formula is C21H17BrO. The summed E-state index contributed by atoms with van der Waals surface area (Å²) in [5.74, 6) is 0.953. The van der Waals surface area contributed by atoms with Gasteiger partial charge in [-0.1, -0.05) is 64.5 Å². The molecule has 1 heterocycles. The first kappa shape index (κ1) is 14.5. The molecule has 0 saturated heterocycles. The van der Waals surface area contributed by atoms with Crippen molar-refractivity contribution < 1.29 is 4.74 Å². The zero-order valence-corrected chi connectivity index (χ0v) is 14.7. The topological polar surface area (TPSA) is 9.23 Å². The Balaban J connectivity index is 2.04. The minimum atomic E-state index is -0.338. The third-order valence-corrected chi connectivity index (χ3v) is 4.92. The molecule has 0 unspecified atom stereocenters. The van der Waals surface area contributed by atoms with Crippen LogP contribution in [0.3, 0.4) is 0 Å². The molecule has 0 N–H and O–H groups in total. The molecule has 1 aliphatic heterocycles. The number of para-hydroxylation sites is 1. The summed E-state index contributed by atoms with van der Waals surface area (Å²) in [6, 6.07) is 23.3. The summed E-state index contributed by atoms with van der Waals surface area (Å²) >= 11 is 3.52. The summed E-state index contributed by atoms with van der Waals surface area (Å²) in [4.78, 5) is 0. The van der Waals surface area contributed by atoms with Crippen LogP contribution in [0.15, 0.2) is 71.2 Å². The SMILES string of the molecule is CC1(C)Oc2ccccc2-c2c(-c3ccc(Br)cc3)cccc21. The second kappa shape index (κ2) is 5.24. The van der Waals surface area contributed by atoms with Crippen LogP contribution in [0.25, 0.3) is 22.3 Å². The van der Waals surface area contributed by atoms with Crippen molar-refractivity contribution in [2.45, 2.75) is 19.4 Å². The lowest BCUT2D eigenvalue weighted by molar-refractivity contribution is 0.106. The van der Waals surface area contributed by atoms with Crippen molar-refractivity contribution >= 4 is 15.9 Å². The van der Waals surface area contributed by atoms with Gasteiger partial charge in [0.05, 0.1) is 0 Å². The number of benzene rings is 3. The molecule has 0 fully saturated rings. The first-order valence-electron chi connectivity index (χ1n) is 7.74. The van der Waals surface area contributed by atoms with Crippen molar-refractivity contribution in [1.82, 2.24) is 0 Å². The summed E-state index contributed by atoms with van der Waals surface area (Å²) in [5.41, 5.74) is 5.81. The van der Waals surface area contributed by atoms with Crippen LogP contribution in [-0.2, 0) is 5.60 Å². The maximum absolute atomic E-state index is 6.25. The minimum absolute atomic E-state index is 0.338. The Bertz CT molecular complexity index is 879. The van der Waals surface area contributed by atoms with Gasteiger partial charge in [-0.3, -0.25) is 0 Å². The van der Waals surface area contributed by atoms with Gasteiger partial charge >= 0.3 is 0 Å². The van der Waals surface area contributed by atoms with Gasteiger partial charge in [0.1, 0.15) is 11.4 Å². The number of rotatable bonds is 1. The van der Waals surface area contributed by atoms with E-state index < -0.39 is 0 Å². The molecule has 4 rings (SSSR count). The lowest BCUT2D eigenvalue weighted by Gasteiger charge is -2.36. The highest BCUT2D eigenvalue weighted by molar-refractivity contribution is 9.10. The Morgan fingerprint density at radius 2 is 1.48 bits per heavy atom. The lowest BCUT2D eigenvalue weighted by atomic mass is 9.82. The van der Waals surface area contributed by atoms with E-state index >= 15 is 0 Å². The Morgan fingerprint density at radius 3 is 2.26 bits per heavy atom. The van der Waals surface area contributed by atoms with Crippen LogP contribution < -0.4 is 4.74 Å². The summed E-state index contributed by atoms with van der Waals surface area (Å²) in [6.07, 6.45) is 0. The van der Waals surface area contributed by atoms with Crippen LogP contribution >= 0.6 is 15.9 Å². The van der Waals surface area contributed by atoms with E-state index in [0.717, 1.165) is 10.2 Å². The van der Waals surface area contributed by atoms with Gasteiger partial charge in [0.2, 0.25) is 0 Å². The van der Waals surface area contributed by atoms with Crippen molar-refractivity contribution in [3.8, 4) is 28.0 Å². The third-order valence-electron chi connectivity index (χ3n) is 4.39. The van der Waals surface area contributed by atoms with Gasteiger partial charge in [-0.25, -0.2) is 0 Å². The van der Waals surface area contributed by atoms with Gasteiger partial charge in [-0.05, 0) is 43.2 Å². The standard InChI is InChI=1S/C21H17BrO/c1-21(2)18-8-5-7-16(14-10-12-15(22)13-11-14)20(18)17-6-3-4-9-19(17)23-21/h3-13H,1-2H3. The van der Waals surface area contributed by atoms with Crippen LogP contribution in [0.1, 0.15) is 19.4 Å². The van der Waals surface area contributed by atoms with Gasteiger partial charge < -0.3 is 4.74 Å². The van der Waals surface area contributed by atoms with Crippen molar-refractivity contribution in [3.63, 3.8) is 0 Å². The van der Waals surface area contributed by atoms with Crippen molar-refractivity contribution in [2.24, 2.45) is 0 Å². The van der Waals surface area contributed by atoms with E-state index in [1.807, 2.05) is 6.07 Å². The molecule has 0 bridgehead atoms. The quantitative estimate of drug-likeness (QED) is 0.484. The van der Waals surface area contributed by atoms with E-state index in [-0.39, 0.29) is 5.60 Å². The van der Waals surface area contributed by atoms with Gasteiger partial charge in [0, 0.05) is 21.2 Å². The Kier molecular flexibility index (Phi) is 3.31. The molecule has 0 aromatic heterocycles. The molecule has 114 valence electrons. The van der Waals surface area contributed by atoms with Crippen molar-refractivity contribution in [1.29, 1.82) is 0 Å². The fraction of sp³-hybridized carbons (Fsp3) is 0.143. The largest absolute Gasteiger partial charge is 0.482 e. The Hall–Kier alpha value is -2.06. The molecule has 0 radical (unpaired) electrons. The molecule has 0 aliphatic carbocycles. The summed E-state index contributed by atoms with van der Waals surface area (Å²) < 4.78 is 7.34. The number of ether oxygens (including phenoxy) is 1. The normalized spacial score (nSPS) is 14.6. The molecule has 3 aromatic rings. The highest BCUT2D eigenvalue weighted by atomic mass is 79.9. The van der Waals surface area contributed by atoms with E-state index in [1.54, 1.807) is 0 Å². The van der Waals surface area contributed by atoms with E-state index in [2.05, 4.69) is 90.4 Å². The molecular weight excluding hydrogens is 348 g/mol. The molecule has 1 aliphatic rings. The maximum Gasteiger partial charge on any atom is 0.129 e. The molecule has 0 spiro atoms. The van der Waals surface area contributed by atoms with Crippen molar-refractivity contribution in [3.05, 3.63) is 76.8 Å². The molecule has 0 atom stereocenters. The molecule has 3 aromatic carbocycles. The first-order chi connectivity index (χ1) is 11.1. The molecule has 1 nitrogen and oxygen atoms in total. The van der Waals surface area contributed by atoms with Crippen LogP contribution in [0, 0.1) is 0 Å². The smallest absolute Gasteiger partial charge is 0.129 e. The van der Waals surface area contributed by atoms with Crippen LogP contribution in [-0.4, -0.2) is 0 Å². The van der Waals surface area contributed by atoms with E-state index in [0.29, 0.717) is 0 Å². The minimum Gasteiger partial charge on any atom is -0.482 e. The number of hydrogen-bond donors (Lipinski definition) is 0. The van der Waals surface area contributed by atoms with Crippen molar-refractivity contribution in [2.75, 3.05) is 0 Å². The predicted octanol–water partition coefficient (Wildman–Crippen LogP) is 6.41. The molecule has 2 heteroatoms. The summed E-state index contributed by atoms with van der Waals surface area (Å²) in [7, 11) is 0. The predicted molar refractivity (Wildman–Crippen MR) is 98.7 cm³/mol. The molecule has 23 heavy (non-hydrogen) atoms. The third kappa shape index (κ3) is 2.38. The summed E-state index contributed by atoms with van der Waals surface area (Å²) in [6.45, 7) is 4.26. The maximum atomic E-state index is 6.25. The van der Waals surface area contributed by atoms with Gasteiger partial charge in [-0.2, -0.15) is 0 Å². The van der Waals surface area contributed by atoms with Crippen LogP contribution in [0.4, 0.5) is 0 Å². The van der Waals surface area contributed by atoms with Crippen LogP contribution in [0.2, 0.25) is 0 Å². The van der Waals surface area contributed by atoms with E-state index in [9.17, 15) is 0 Å². The number of fused-ring (bicyclic) bond motifs is 3. The highest BCUT2D eigenvalue weighted by Gasteiger charge is 2.33. The zero-order chi connectivity index (χ0) is 16.0. The fourth-order valence-corrected chi connectivity index (χ4v) is 3.57. The van der Waals surface area contributed by atoms with Gasteiger partial charge in [0.25, 0.3) is 0 Å². The number of hydrogen-bond acceptors (Lipinski definition) is 1. The van der Waals surface area contributed by atoms with E-state index in [1.165, 1.54) is 27.8 Å². The second-order valence-corrected chi connectivity index (χ2v) is 7.26. The first-order valence-corrected chi connectivity index (χ1v) is 8.53. The fourth-order valence-electron chi connectivity index (χ4n) is 3.31. The second-order valence-electron chi connectivity index (χ2n) is 6.34. The Labute approximate surface area is 145 Å². The number of halogens is 1. The Morgan fingerprint density at radius 1 is 0.783 bits per heavy atom. The van der Waals surface area contributed by atoms with Gasteiger partial charge in [0.15, 0.2) is 0 Å². The van der Waals surface area contributed by atoms with E-state index in [4.69, 9.17) is 4.74 Å². The monoisotopic (exact) mass is 364 g/mol. The molecule has 0 saturated carbocycles. The van der Waals surface area contributed by atoms with Gasteiger partial charge in [-0.15, -0.1) is 0 Å². The average Bonchev–Trinajstić information content (AvgIpc) is 2.55. The highest BCUT2D eigenvalue weighted by Crippen LogP contribution is 2.48. The van der Waals surface area contributed by atoms with Crippen LogP contribution in [0.5, 0.6) is 5.75 Å². The molecule has 0 amide bonds.